The van der Waals surface area contributed by atoms with E-state index < -0.39 is 24.4 Å². The summed E-state index contributed by atoms with van der Waals surface area (Å²) in [7, 11) is 0. The first kappa shape index (κ1) is 10.2. The van der Waals surface area contributed by atoms with E-state index in [9.17, 15) is 22.4 Å². The topological polar surface area (TPSA) is 63.3 Å². The zero-order valence-electron chi connectivity index (χ0n) is 5.10. The molecule has 0 saturated carbocycles. The molecule has 0 aromatic heterocycles. The second-order valence-corrected chi connectivity index (χ2v) is 1.79. The SMILES string of the molecule is NC(=O)C(O)(C(F)F)C(F)F. The van der Waals surface area contributed by atoms with Gasteiger partial charge in [0.25, 0.3) is 24.4 Å². The van der Waals surface area contributed by atoms with Gasteiger partial charge in [0, 0.05) is 0 Å². The second-order valence-electron chi connectivity index (χ2n) is 1.79. The van der Waals surface area contributed by atoms with E-state index in [2.05, 4.69) is 5.73 Å². The van der Waals surface area contributed by atoms with E-state index in [1.807, 2.05) is 0 Å². The minimum absolute atomic E-state index is 2.14. The molecule has 7 heteroatoms. The molecule has 3 N–H and O–H groups in total. The van der Waals surface area contributed by atoms with Gasteiger partial charge in [-0.3, -0.25) is 4.79 Å². The lowest BCUT2D eigenvalue weighted by Crippen LogP contribution is -2.55. The van der Waals surface area contributed by atoms with Crippen LogP contribution in [0.1, 0.15) is 0 Å². The normalized spacial score (nSPS) is 12.6. The summed E-state index contributed by atoms with van der Waals surface area (Å²) < 4.78 is 46.2. The number of alkyl halides is 4. The Morgan fingerprint density at radius 2 is 1.55 bits per heavy atom. The number of primary amides is 1. The fraction of sp³-hybridized carbons (Fsp3) is 0.750. The van der Waals surface area contributed by atoms with Gasteiger partial charge in [0.15, 0.2) is 0 Å². The maximum Gasteiger partial charge on any atom is 0.281 e. The molecule has 11 heavy (non-hydrogen) atoms. The zero-order chi connectivity index (χ0) is 9.23. The summed E-state index contributed by atoms with van der Waals surface area (Å²) in [4.78, 5) is 9.92. The van der Waals surface area contributed by atoms with Gasteiger partial charge >= 0.3 is 0 Å². The Morgan fingerprint density at radius 1 is 1.27 bits per heavy atom. The molecule has 0 aromatic rings. The van der Waals surface area contributed by atoms with Crippen LogP contribution in [0.4, 0.5) is 17.6 Å². The number of carbonyl (C=O) groups is 1. The van der Waals surface area contributed by atoms with Crippen molar-refractivity contribution in [3.8, 4) is 0 Å². The number of hydrogen-bond acceptors (Lipinski definition) is 2. The van der Waals surface area contributed by atoms with Crippen LogP contribution in [-0.2, 0) is 4.79 Å². The van der Waals surface area contributed by atoms with Crippen molar-refractivity contribution in [2.75, 3.05) is 0 Å². The van der Waals surface area contributed by atoms with Crippen molar-refractivity contribution in [3.63, 3.8) is 0 Å². The van der Waals surface area contributed by atoms with Crippen LogP contribution in [0.2, 0.25) is 0 Å². The zero-order valence-corrected chi connectivity index (χ0v) is 5.10. The summed E-state index contributed by atoms with van der Waals surface area (Å²) in [6, 6.07) is 0. The Morgan fingerprint density at radius 3 is 1.55 bits per heavy atom. The highest BCUT2D eigenvalue weighted by Gasteiger charge is 2.52. The molecule has 0 radical (unpaired) electrons. The molecule has 0 bridgehead atoms. The van der Waals surface area contributed by atoms with Gasteiger partial charge < -0.3 is 10.8 Å². The van der Waals surface area contributed by atoms with E-state index >= 15 is 0 Å². The quantitative estimate of drug-likeness (QED) is 0.580. The predicted molar refractivity (Wildman–Crippen MR) is 26.2 cm³/mol. The molecule has 0 heterocycles. The van der Waals surface area contributed by atoms with Crippen LogP contribution in [0.3, 0.4) is 0 Å². The fourth-order valence-corrected chi connectivity index (χ4v) is 0.310. The Kier molecular flexibility index (Phi) is 2.80. The van der Waals surface area contributed by atoms with Gasteiger partial charge in [-0.15, -0.1) is 0 Å². The predicted octanol–water partition coefficient (Wildman–Crippen LogP) is -0.267. The van der Waals surface area contributed by atoms with E-state index in [1.54, 1.807) is 0 Å². The first-order chi connectivity index (χ1) is 4.83. The highest BCUT2D eigenvalue weighted by atomic mass is 19.3. The number of hydrogen-bond donors (Lipinski definition) is 2. The van der Waals surface area contributed by atoms with Gasteiger partial charge in [0.05, 0.1) is 0 Å². The Balaban J connectivity index is 4.67. The lowest BCUT2D eigenvalue weighted by atomic mass is 10.1. The smallest absolute Gasteiger partial charge is 0.281 e. The van der Waals surface area contributed by atoms with Crippen molar-refractivity contribution in [1.29, 1.82) is 0 Å². The highest BCUT2D eigenvalue weighted by molar-refractivity contribution is 5.84. The van der Waals surface area contributed by atoms with Crippen LogP contribution in [-0.4, -0.2) is 29.5 Å². The Labute approximate surface area is 58.8 Å². The maximum atomic E-state index is 11.6. The lowest BCUT2D eigenvalue weighted by molar-refractivity contribution is -0.186. The summed E-state index contributed by atoms with van der Waals surface area (Å²) in [5, 5.41) is 8.27. The van der Waals surface area contributed by atoms with E-state index in [4.69, 9.17) is 5.11 Å². The Hall–Kier alpha value is -0.850. The van der Waals surface area contributed by atoms with Crippen molar-refractivity contribution in [2.45, 2.75) is 18.5 Å². The molecule has 0 rings (SSSR count). The summed E-state index contributed by atoms with van der Waals surface area (Å²) >= 11 is 0. The molecule has 66 valence electrons. The van der Waals surface area contributed by atoms with Gasteiger partial charge in [-0.05, 0) is 0 Å². The third kappa shape index (κ3) is 1.59. The molecule has 0 aliphatic heterocycles. The molecule has 0 spiro atoms. The highest BCUT2D eigenvalue weighted by Crippen LogP contribution is 2.23. The lowest BCUT2D eigenvalue weighted by Gasteiger charge is -2.21. The van der Waals surface area contributed by atoms with Crippen LogP contribution >= 0.6 is 0 Å². The van der Waals surface area contributed by atoms with Crippen LogP contribution in [0.5, 0.6) is 0 Å². The molecule has 0 saturated heterocycles. The van der Waals surface area contributed by atoms with Crippen LogP contribution in [0.25, 0.3) is 0 Å². The monoisotopic (exact) mass is 175 g/mol. The largest absolute Gasteiger partial charge is 0.371 e. The summed E-state index contributed by atoms with van der Waals surface area (Å²) in [6.07, 6.45) is -7.78. The van der Waals surface area contributed by atoms with Crippen molar-refractivity contribution in [3.05, 3.63) is 0 Å². The van der Waals surface area contributed by atoms with Crippen LogP contribution in [0, 0.1) is 0 Å². The van der Waals surface area contributed by atoms with Crippen molar-refractivity contribution in [1.82, 2.24) is 0 Å². The molecule has 0 fully saturated rings. The number of nitrogens with two attached hydrogens (primary N) is 1. The van der Waals surface area contributed by atoms with Crippen molar-refractivity contribution in [2.24, 2.45) is 5.73 Å². The minimum Gasteiger partial charge on any atom is -0.371 e. The van der Waals surface area contributed by atoms with E-state index in [0.29, 0.717) is 0 Å². The van der Waals surface area contributed by atoms with Crippen LogP contribution < -0.4 is 5.73 Å². The van der Waals surface area contributed by atoms with Gasteiger partial charge in [-0.25, -0.2) is 17.6 Å². The van der Waals surface area contributed by atoms with Crippen LogP contribution in [0.15, 0.2) is 0 Å². The van der Waals surface area contributed by atoms with E-state index in [-0.39, 0.29) is 0 Å². The average molecular weight is 175 g/mol. The standard InChI is InChI=1S/C4H5F4NO2/c5-1(6)4(11,2(7)8)3(9)10/h1-2,11H,(H2,9,10). The molecule has 3 nitrogen and oxygen atoms in total. The van der Waals surface area contributed by atoms with Gasteiger partial charge in [-0.2, -0.15) is 0 Å². The number of aliphatic hydroxyl groups is 1. The number of rotatable bonds is 3. The Bertz CT molecular complexity index is 152. The molecule has 0 aliphatic rings. The summed E-state index contributed by atoms with van der Waals surface area (Å²) in [5.74, 6) is -2.14. The molecular weight excluding hydrogens is 170 g/mol. The van der Waals surface area contributed by atoms with Gasteiger partial charge in [-0.1, -0.05) is 0 Å². The molecule has 0 aliphatic carbocycles. The van der Waals surface area contributed by atoms with E-state index in [1.165, 1.54) is 0 Å². The molecule has 1 amide bonds. The summed E-state index contributed by atoms with van der Waals surface area (Å²) in [5.41, 5.74) is 0.0961. The molecule has 0 unspecified atom stereocenters. The number of amides is 1. The average Bonchev–Trinajstić information content (AvgIpc) is 1.84. The van der Waals surface area contributed by atoms with Gasteiger partial charge in [0.2, 0.25) is 0 Å². The third-order valence-corrected chi connectivity index (χ3v) is 1.06. The molecule has 0 atom stereocenters. The van der Waals surface area contributed by atoms with E-state index in [0.717, 1.165) is 0 Å². The first-order valence-corrected chi connectivity index (χ1v) is 2.42. The van der Waals surface area contributed by atoms with Crippen molar-refractivity contribution < 1.29 is 27.5 Å². The van der Waals surface area contributed by atoms with Gasteiger partial charge in [0.1, 0.15) is 0 Å². The minimum atomic E-state index is -4.03. The molecular formula is C4H5F4NO2. The second kappa shape index (κ2) is 3.04. The molecule has 0 aromatic carbocycles. The fourth-order valence-electron chi connectivity index (χ4n) is 0.310. The summed E-state index contributed by atoms with van der Waals surface area (Å²) in [6.45, 7) is 0. The maximum absolute atomic E-state index is 11.6. The number of carbonyl (C=O) groups excluding carboxylic acids is 1. The third-order valence-electron chi connectivity index (χ3n) is 1.06. The number of halogens is 4. The first-order valence-electron chi connectivity index (χ1n) is 2.42. The van der Waals surface area contributed by atoms with Crippen molar-refractivity contribution >= 4 is 5.91 Å².